The van der Waals surface area contributed by atoms with Crippen molar-refractivity contribution < 1.29 is 5.11 Å². The molecule has 0 spiro atoms. The second-order valence-electron chi connectivity index (χ2n) is 7.09. The van der Waals surface area contributed by atoms with Gasteiger partial charge in [-0.1, -0.05) is 33.1 Å². The van der Waals surface area contributed by atoms with Gasteiger partial charge in [-0.2, -0.15) is 5.10 Å². The molecule has 2 atom stereocenters. The standard InChI is InChI=1S/C16H27N3O/c1-16(2)14(10-15(16)20)17-11-12-8-9-19(18-12)13-6-4-3-5-7-13/h8-9,13-15,17,20H,3-7,10-11H2,1-2H3. The van der Waals surface area contributed by atoms with Crippen molar-refractivity contribution in [3.8, 4) is 0 Å². The zero-order valence-corrected chi connectivity index (χ0v) is 12.7. The van der Waals surface area contributed by atoms with Gasteiger partial charge in [-0.3, -0.25) is 4.68 Å². The summed E-state index contributed by atoms with van der Waals surface area (Å²) in [5.41, 5.74) is 1.11. The van der Waals surface area contributed by atoms with E-state index < -0.39 is 0 Å². The number of nitrogens with one attached hydrogen (secondary N) is 1. The average Bonchev–Trinajstić information content (AvgIpc) is 2.93. The van der Waals surface area contributed by atoms with E-state index >= 15 is 0 Å². The highest BCUT2D eigenvalue weighted by atomic mass is 16.3. The molecule has 0 amide bonds. The lowest BCUT2D eigenvalue weighted by atomic mass is 9.64. The van der Waals surface area contributed by atoms with Crippen molar-refractivity contribution in [2.45, 2.75) is 77.1 Å². The van der Waals surface area contributed by atoms with Gasteiger partial charge in [-0.05, 0) is 25.3 Å². The van der Waals surface area contributed by atoms with Crippen molar-refractivity contribution in [1.29, 1.82) is 0 Å². The van der Waals surface area contributed by atoms with Crippen LogP contribution in [-0.4, -0.2) is 27.0 Å². The normalized spacial score (nSPS) is 30.1. The van der Waals surface area contributed by atoms with Crippen molar-refractivity contribution >= 4 is 0 Å². The summed E-state index contributed by atoms with van der Waals surface area (Å²) in [5, 5.41) is 18.0. The van der Waals surface area contributed by atoms with Gasteiger partial charge in [0.1, 0.15) is 0 Å². The lowest BCUT2D eigenvalue weighted by Gasteiger charge is -2.49. The van der Waals surface area contributed by atoms with Crippen LogP contribution in [0.5, 0.6) is 0 Å². The van der Waals surface area contributed by atoms with Crippen LogP contribution in [0.3, 0.4) is 0 Å². The van der Waals surface area contributed by atoms with Gasteiger partial charge >= 0.3 is 0 Å². The number of aromatic nitrogens is 2. The Balaban J connectivity index is 1.53. The second kappa shape index (κ2) is 5.49. The summed E-state index contributed by atoms with van der Waals surface area (Å²) in [6, 6.07) is 3.14. The maximum Gasteiger partial charge on any atom is 0.0762 e. The first kappa shape index (κ1) is 14.1. The van der Waals surface area contributed by atoms with Gasteiger partial charge in [0.15, 0.2) is 0 Å². The summed E-state index contributed by atoms with van der Waals surface area (Å²) >= 11 is 0. The maximum absolute atomic E-state index is 9.76. The maximum atomic E-state index is 9.76. The van der Waals surface area contributed by atoms with Crippen molar-refractivity contribution in [2.24, 2.45) is 5.41 Å². The Morgan fingerprint density at radius 1 is 1.35 bits per heavy atom. The Morgan fingerprint density at radius 2 is 2.10 bits per heavy atom. The van der Waals surface area contributed by atoms with Crippen molar-refractivity contribution in [2.75, 3.05) is 0 Å². The number of aliphatic hydroxyl groups excluding tert-OH is 1. The first-order valence-corrected chi connectivity index (χ1v) is 8.03. The Hall–Kier alpha value is -0.870. The molecular weight excluding hydrogens is 250 g/mol. The fourth-order valence-corrected chi connectivity index (χ4v) is 3.50. The summed E-state index contributed by atoms with van der Waals surface area (Å²) < 4.78 is 2.16. The third-order valence-corrected chi connectivity index (χ3v) is 5.36. The predicted octanol–water partition coefficient (Wildman–Crippen LogP) is 2.64. The molecule has 1 aromatic heterocycles. The minimum atomic E-state index is -0.167. The van der Waals surface area contributed by atoms with Crippen LogP contribution in [0.25, 0.3) is 0 Å². The molecule has 2 unspecified atom stereocenters. The molecule has 2 saturated carbocycles. The Labute approximate surface area is 121 Å². The van der Waals surface area contributed by atoms with Crippen LogP contribution >= 0.6 is 0 Å². The number of aliphatic hydroxyl groups is 1. The van der Waals surface area contributed by atoms with Gasteiger partial charge in [0.05, 0.1) is 17.8 Å². The minimum Gasteiger partial charge on any atom is -0.392 e. The van der Waals surface area contributed by atoms with Gasteiger partial charge in [0, 0.05) is 24.2 Å². The summed E-state index contributed by atoms with van der Waals surface area (Å²) in [5.74, 6) is 0. The van der Waals surface area contributed by atoms with Crippen LogP contribution in [0.15, 0.2) is 12.3 Å². The molecular formula is C16H27N3O. The van der Waals surface area contributed by atoms with Gasteiger partial charge in [-0.15, -0.1) is 0 Å². The molecule has 20 heavy (non-hydrogen) atoms. The van der Waals surface area contributed by atoms with Crippen LogP contribution in [0.1, 0.15) is 64.1 Å². The lowest BCUT2D eigenvalue weighted by Crippen LogP contribution is -2.59. The van der Waals surface area contributed by atoms with E-state index in [-0.39, 0.29) is 11.5 Å². The molecule has 112 valence electrons. The van der Waals surface area contributed by atoms with Crippen LogP contribution in [0.2, 0.25) is 0 Å². The fourth-order valence-electron chi connectivity index (χ4n) is 3.50. The van der Waals surface area contributed by atoms with E-state index in [0.717, 1.165) is 18.7 Å². The first-order valence-electron chi connectivity index (χ1n) is 8.03. The van der Waals surface area contributed by atoms with Gasteiger partial charge in [-0.25, -0.2) is 0 Å². The Bertz CT molecular complexity index is 448. The van der Waals surface area contributed by atoms with E-state index in [1.165, 1.54) is 32.1 Å². The van der Waals surface area contributed by atoms with Crippen molar-refractivity contribution in [1.82, 2.24) is 15.1 Å². The molecule has 2 fully saturated rings. The van der Waals surface area contributed by atoms with E-state index in [9.17, 15) is 5.11 Å². The molecule has 2 aliphatic rings. The monoisotopic (exact) mass is 277 g/mol. The third kappa shape index (κ3) is 2.63. The molecule has 2 aliphatic carbocycles. The molecule has 3 rings (SSSR count). The highest BCUT2D eigenvalue weighted by Gasteiger charge is 2.46. The highest BCUT2D eigenvalue weighted by molar-refractivity contribution is 5.05. The van der Waals surface area contributed by atoms with E-state index in [1.807, 2.05) is 0 Å². The lowest BCUT2D eigenvalue weighted by molar-refractivity contribution is -0.0730. The first-order chi connectivity index (χ1) is 9.57. The fraction of sp³-hybridized carbons (Fsp3) is 0.812. The third-order valence-electron chi connectivity index (χ3n) is 5.36. The molecule has 0 aliphatic heterocycles. The molecule has 2 N–H and O–H groups in total. The number of hydrogen-bond acceptors (Lipinski definition) is 3. The summed E-state index contributed by atoms with van der Waals surface area (Å²) in [4.78, 5) is 0. The molecule has 4 heteroatoms. The smallest absolute Gasteiger partial charge is 0.0762 e. The minimum absolute atomic E-state index is 0.00800. The summed E-state index contributed by atoms with van der Waals surface area (Å²) in [7, 11) is 0. The number of rotatable bonds is 4. The molecule has 1 heterocycles. The van der Waals surface area contributed by atoms with E-state index in [0.29, 0.717) is 12.1 Å². The SMILES string of the molecule is CC1(C)C(O)CC1NCc1ccn(C2CCCCC2)n1. The van der Waals surface area contributed by atoms with Crippen LogP contribution in [-0.2, 0) is 6.54 Å². The van der Waals surface area contributed by atoms with Gasteiger partial charge < -0.3 is 10.4 Å². The van der Waals surface area contributed by atoms with Crippen LogP contribution < -0.4 is 5.32 Å². The predicted molar refractivity (Wildman–Crippen MR) is 79.4 cm³/mol. The molecule has 0 saturated heterocycles. The molecule has 1 aromatic rings. The van der Waals surface area contributed by atoms with E-state index in [4.69, 9.17) is 5.10 Å². The zero-order chi connectivity index (χ0) is 14.2. The van der Waals surface area contributed by atoms with E-state index in [1.54, 1.807) is 0 Å². The molecule has 0 aromatic carbocycles. The van der Waals surface area contributed by atoms with Gasteiger partial charge in [0.25, 0.3) is 0 Å². The quantitative estimate of drug-likeness (QED) is 0.889. The van der Waals surface area contributed by atoms with Crippen LogP contribution in [0.4, 0.5) is 0 Å². The molecule has 4 nitrogen and oxygen atoms in total. The van der Waals surface area contributed by atoms with E-state index in [2.05, 4.69) is 36.1 Å². The molecule has 0 radical (unpaired) electrons. The Kier molecular flexibility index (Phi) is 3.87. The van der Waals surface area contributed by atoms with Gasteiger partial charge in [0.2, 0.25) is 0 Å². The number of nitrogens with zero attached hydrogens (tertiary/aromatic N) is 2. The zero-order valence-electron chi connectivity index (χ0n) is 12.7. The van der Waals surface area contributed by atoms with Crippen LogP contribution in [0, 0.1) is 5.41 Å². The Morgan fingerprint density at radius 3 is 2.75 bits per heavy atom. The summed E-state index contributed by atoms with van der Waals surface area (Å²) in [6.45, 7) is 5.06. The summed E-state index contributed by atoms with van der Waals surface area (Å²) in [6.07, 6.45) is 9.43. The van der Waals surface area contributed by atoms with Crippen molar-refractivity contribution in [3.05, 3.63) is 18.0 Å². The largest absolute Gasteiger partial charge is 0.392 e. The number of hydrogen-bond donors (Lipinski definition) is 2. The topological polar surface area (TPSA) is 50.1 Å². The second-order valence-corrected chi connectivity index (χ2v) is 7.09. The average molecular weight is 277 g/mol. The highest BCUT2D eigenvalue weighted by Crippen LogP contribution is 2.40. The molecule has 0 bridgehead atoms. The van der Waals surface area contributed by atoms with Crippen molar-refractivity contribution in [3.63, 3.8) is 0 Å².